The molecule has 0 spiro atoms. The first-order valence-electron chi connectivity index (χ1n) is 27.4. The summed E-state index contributed by atoms with van der Waals surface area (Å²) in [5.74, 6) is -7.30. The quantitative estimate of drug-likeness (QED) is 0.134. The number of ether oxygens (including phenoxy) is 5. The molecule has 4 amide bonds. The number of hydrogen-bond acceptors (Lipinski definition) is 14. The number of aromatic nitrogens is 2. The van der Waals surface area contributed by atoms with Crippen LogP contribution in [-0.4, -0.2) is 160 Å². The van der Waals surface area contributed by atoms with Crippen LogP contribution in [0.4, 0.5) is 0 Å². The summed E-state index contributed by atoms with van der Waals surface area (Å²) in [6, 6.07) is 11.2. The van der Waals surface area contributed by atoms with E-state index < -0.39 is 96.1 Å². The van der Waals surface area contributed by atoms with Crippen LogP contribution in [0.5, 0.6) is 0 Å². The van der Waals surface area contributed by atoms with Gasteiger partial charge in [0.2, 0.25) is 0 Å². The van der Waals surface area contributed by atoms with Gasteiger partial charge in [-0.3, -0.25) is 23.9 Å². The molecule has 19 nitrogen and oxygen atoms in total. The molecule has 5 rings (SSSR count). The molecule has 428 valence electrons. The zero-order valence-electron chi connectivity index (χ0n) is 48.3. The first-order chi connectivity index (χ1) is 36.7. The normalized spacial score (nSPS) is 24.4. The van der Waals surface area contributed by atoms with E-state index >= 15 is 4.79 Å². The Labute approximate surface area is 460 Å². The van der Waals surface area contributed by atoms with Gasteiger partial charge in [-0.05, 0) is 79.9 Å². The second kappa shape index (κ2) is 28.3. The lowest BCUT2D eigenvalue weighted by atomic mass is 9.99. The third kappa shape index (κ3) is 16.9. The number of rotatable bonds is 14. The predicted octanol–water partition coefficient (Wildman–Crippen LogP) is 5.98. The highest BCUT2D eigenvalue weighted by molar-refractivity contribution is 5.94. The van der Waals surface area contributed by atoms with Crippen LogP contribution in [0.25, 0.3) is 0 Å². The van der Waals surface area contributed by atoms with Gasteiger partial charge in [0.15, 0.2) is 24.4 Å². The molecule has 0 N–H and O–H groups in total. The van der Waals surface area contributed by atoms with Crippen LogP contribution in [0.1, 0.15) is 123 Å². The molecule has 1 fully saturated rings. The van der Waals surface area contributed by atoms with Gasteiger partial charge < -0.3 is 43.3 Å². The van der Waals surface area contributed by atoms with Crippen molar-refractivity contribution in [3.63, 3.8) is 0 Å². The van der Waals surface area contributed by atoms with Crippen molar-refractivity contribution in [2.75, 3.05) is 34.8 Å². The summed E-state index contributed by atoms with van der Waals surface area (Å²) in [6.07, 6.45) is -3.10. The van der Waals surface area contributed by atoms with Crippen molar-refractivity contribution in [1.82, 2.24) is 29.4 Å². The zero-order valence-corrected chi connectivity index (χ0v) is 48.3. The molecule has 1 aromatic heterocycles. The van der Waals surface area contributed by atoms with Crippen LogP contribution in [0.2, 0.25) is 0 Å². The highest BCUT2D eigenvalue weighted by Gasteiger charge is 2.43. The first kappa shape index (κ1) is 62.2. The van der Waals surface area contributed by atoms with Gasteiger partial charge in [0.1, 0.15) is 24.2 Å². The van der Waals surface area contributed by atoms with E-state index in [1.165, 1.54) is 46.9 Å². The van der Waals surface area contributed by atoms with E-state index in [9.17, 15) is 33.6 Å². The molecule has 19 heteroatoms. The Kier molecular flexibility index (Phi) is 22.6. The van der Waals surface area contributed by atoms with E-state index in [0.717, 1.165) is 37.9 Å². The van der Waals surface area contributed by atoms with Crippen LogP contribution in [0, 0.1) is 23.7 Å². The Hall–Kier alpha value is -6.63. The molecule has 2 aliphatic rings. The van der Waals surface area contributed by atoms with Crippen LogP contribution >= 0.6 is 0 Å². The Balaban J connectivity index is 1.57. The van der Waals surface area contributed by atoms with Crippen molar-refractivity contribution in [3.8, 4) is 0 Å². The molecule has 2 aliphatic heterocycles. The minimum Gasteiger partial charge on any atom is -0.451 e. The van der Waals surface area contributed by atoms with Crippen molar-refractivity contribution < 1.29 is 62.0 Å². The second-order valence-corrected chi connectivity index (χ2v) is 22.7. The fourth-order valence-electron chi connectivity index (χ4n) is 9.76. The number of hydrogen-bond donors (Lipinski definition) is 0. The minimum absolute atomic E-state index is 0.0889. The van der Waals surface area contributed by atoms with Gasteiger partial charge in [-0.15, -0.1) is 0 Å². The van der Waals surface area contributed by atoms with Crippen molar-refractivity contribution in [2.45, 2.75) is 176 Å². The topological polar surface area (TPSA) is 213 Å². The number of cyclic esters (lactones) is 4. The molecule has 3 aromatic rings. The minimum atomic E-state index is -1.53. The average molecular weight is 1090 g/mol. The number of benzene rings is 2. The molecule has 8 atom stereocenters. The van der Waals surface area contributed by atoms with Crippen molar-refractivity contribution >= 4 is 47.5 Å². The standard InChI is InChI=1S/C59H84N6O13/c1-35(2)26-46-56(70)75-40(10)53(67)62(12)49(29-38(7)8)59(73)78-51(31-42-20-22-43(23-21-42)32-65-33-44-34-74-25-24-45(44)60-65)55(69)64(14)47(27-36(3)4)57(71)76-39(9)52(66)61(11)48(28-37(5)6)58(72)77-50(54(68)63(46)13)30-41-18-16-15-17-19-41/h15-23,33,35-40,46-51H,24-32,34H2,1-14H3/t39-,40-,46+,47+,48+,49+,50-,51-/m1/s1. The monoisotopic (exact) mass is 1080 g/mol. The van der Waals surface area contributed by atoms with Crippen LogP contribution in [0.15, 0.2) is 60.8 Å². The summed E-state index contributed by atoms with van der Waals surface area (Å²) in [5.41, 5.74) is 4.22. The summed E-state index contributed by atoms with van der Waals surface area (Å²) in [7, 11) is 5.58. The number of likely N-dealkylation sites (N-methyl/N-ethyl adjacent to an activating group) is 4. The lowest BCUT2D eigenvalue weighted by Gasteiger charge is -2.35. The largest absolute Gasteiger partial charge is 0.451 e. The smallest absolute Gasteiger partial charge is 0.329 e. The molecular formula is C59H84N6O13. The predicted molar refractivity (Wildman–Crippen MR) is 290 cm³/mol. The van der Waals surface area contributed by atoms with E-state index in [0.29, 0.717) is 30.9 Å². The second-order valence-electron chi connectivity index (χ2n) is 22.7. The molecule has 3 heterocycles. The lowest BCUT2D eigenvalue weighted by molar-refractivity contribution is -0.176. The van der Waals surface area contributed by atoms with Gasteiger partial charge >= 0.3 is 23.9 Å². The third-order valence-electron chi connectivity index (χ3n) is 14.2. The van der Waals surface area contributed by atoms with Gasteiger partial charge in [-0.1, -0.05) is 110 Å². The highest BCUT2D eigenvalue weighted by atomic mass is 16.6. The Bertz CT molecular complexity index is 2510. The first-order valence-corrected chi connectivity index (χ1v) is 27.4. The summed E-state index contributed by atoms with van der Waals surface area (Å²) < 4.78 is 31.5. The van der Waals surface area contributed by atoms with Crippen molar-refractivity contribution in [1.29, 1.82) is 0 Å². The maximum absolute atomic E-state index is 15.0. The maximum atomic E-state index is 15.0. The van der Waals surface area contributed by atoms with Gasteiger partial charge in [-0.25, -0.2) is 19.2 Å². The van der Waals surface area contributed by atoms with E-state index in [2.05, 4.69) is 0 Å². The van der Waals surface area contributed by atoms with Gasteiger partial charge in [0, 0.05) is 59.2 Å². The molecule has 0 saturated carbocycles. The molecule has 0 unspecified atom stereocenters. The van der Waals surface area contributed by atoms with Crippen LogP contribution < -0.4 is 0 Å². The van der Waals surface area contributed by atoms with Crippen molar-refractivity contribution in [2.24, 2.45) is 23.7 Å². The number of amides is 4. The van der Waals surface area contributed by atoms with Gasteiger partial charge in [-0.2, -0.15) is 5.10 Å². The van der Waals surface area contributed by atoms with E-state index in [1.54, 1.807) is 30.3 Å². The fourth-order valence-corrected chi connectivity index (χ4v) is 9.76. The van der Waals surface area contributed by atoms with Crippen LogP contribution in [0.3, 0.4) is 0 Å². The SMILES string of the molecule is CC(C)C[C@H]1C(=O)O[C@H](Cc2ccc(Cn3cc4c(n3)CCOC4)cc2)C(=O)N(C)[C@@H](CC(C)C)C(=O)O[C@H](C)C(=O)N(C)[C@@H](CC(C)C)C(=O)O[C@H](Cc2ccccc2)C(=O)N(C)[C@@H](CC(C)C)C(=O)O[C@H](C)C(=O)N1C. The molecule has 0 bridgehead atoms. The molecule has 0 aliphatic carbocycles. The van der Waals surface area contributed by atoms with Gasteiger partial charge in [0.05, 0.1) is 25.5 Å². The Morgan fingerprint density at radius 2 is 0.846 bits per heavy atom. The van der Waals surface area contributed by atoms with Crippen LogP contribution in [-0.2, 0) is 94.5 Å². The summed E-state index contributed by atoms with van der Waals surface area (Å²) in [4.78, 5) is 121. The lowest BCUT2D eigenvalue weighted by Crippen LogP contribution is -2.55. The number of esters is 4. The van der Waals surface area contributed by atoms with Gasteiger partial charge in [0.25, 0.3) is 23.6 Å². The Morgan fingerprint density at radius 1 is 0.487 bits per heavy atom. The molecular weight excluding hydrogens is 1000 g/mol. The fraction of sp³-hybridized carbons (Fsp3) is 0.610. The molecule has 0 radical (unpaired) electrons. The van der Waals surface area contributed by atoms with E-state index in [1.807, 2.05) is 90.5 Å². The number of carbonyl (C=O) groups excluding carboxylic acids is 8. The maximum Gasteiger partial charge on any atom is 0.329 e. The number of nitrogens with zero attached hydrogens (tertiary/aromatic N) is 6. The van der Waals surface area contributed by atoms with Crippen molar-refractivity contribution in [3.05, 3.63) is 88.7 Å². The summed E-state index contributed by atoms with van der Waals surface area (Å²) in [6.45, 7) is 19.2. The summed E-state index contributed by atoms with van der Waals surface area (Å²) >= 11 is 0. The number of fused-ring (bicyclic) bond motifs is 1. The highest BCUT2D eigenvalue weighted by Crippen LogP contribution is 2.25. The average Bonchev–Trinajstić information content (AvgIpc) is 3.81. The summed E-state index contributed by atoms with van der Waals surface area (Å²) in [5, 5.41) is 4.72. The number of carbonyl (C=O) groups is 8. The molecule has 78 heavy (non-hydrogen) atoms. The third-order valence-corrected chi connectivity index (χ3v) is 14.2. The zero-order chi connectivity index (χ0) is 57.7. The molecule has 1 saturated heterocycles. The van der Waals surface area contributed by atoms with E-state index in [-0.39, 0.29) is 62.2 Å². The molecule has 2 aromatic carbocycles. The van der Waals surface area contributed by atoms with E-state index in [4.69, 9.17) is 28.8 Å². The Morgan fingerprint density at radius 3 is 1.23 bits per heavy atom.